The Hall–Kier alpha value is -3.23. The number of ether oxygens (including phenoxy) is 1. The summed E-state index contributed by atoms with van der Waals surface area (Å²) in [7, 11) is -3.67. The Bertz CT molecular complexity index is 1250. The van der Waals surface area contributed by atoms with Crippen LogP contribution in [0.1, 0.15) is 6.42 Å². The molecule has 0 atom stereocenters. The predicted molar refractivity (Wildman–Crippen MR) is 121 cm³/mol. The first kappa shape index (κ1) is 26.4. The van der Waals surface area contributed by atoms with Crippen molar-refractivity contribution in [1.82, 2.24) is 19.7 Å². The lowest BCUT2D eigenvalue weighted by molar-refractivity contribution is -0.154. The number of aromatic nitrogens is 3. The molecule has 0 aliphatic heterocycles. The molecule has 15 heteroatoms. The van der Waals surface area contributed by atoms with Crippen LogP contribution in [0.2, 0.25) is 5.02 Å². The van der Waals surface area contributed by atoms with Crippen molar-refractivity contribution in [3.63, 3.8) is 0 Å². The van der Waals surface area contributed by atoms with Crippen molar-refractivity contribution in [3.8, 4) is 6.01 Å². The van der Waals surface area contributed by atoms with E-state index >= 15 is 0 Å². The highest BCUT2D eigenvalue weighted by Crippen LogP contribution is 2.23. The van der Waals surface area contributed by atoms with Gasteiger partial charge in [-0.3, -0.25) is 0 Å². The van der Waals surface area contributed by atoms with Crippen LogP contribution in [-0.2, 0) is 10.0 Å². The van der Waals surface area contributed by atoms with Crippen molar-refractivity contribution in [1.29, 1.82) is 0 Å². The SMILES string of the molecule is O=S(=O)(NCCCNc1nc(Nc2ccc(F)c(Cl)c2)nc(OCC(F)(F)F)n1)c1ccccc1. The second-order valence-corrected chi connectivity index (χ2v) is 9.09. The fourth-order valence-corrected chi connectivity index (χ4v) is 3.86. The van der Waals surface area contributed by atoms with Crippen LogP contribution in [0, 0.1) is 5.82 Å². The molecule has 0 spiro atoms. The second kappa shape index (κ2) is 11.5. The molecule has 1 heterocycles. The van der Waals surface area contributed by atoms with E-state index in [1.54, 1.807) is 18.2 Å². The summed E-state index contributed by atoms with van der Waals surface area (Å²) in [6.45, 7) is -1.38. The Morgan fingerprint density at radius 3 is 2.37 bits per heavy atom. The number of hydrogen-bond acceptors (Lipinski definition) is 8. The van der Waals surface area contributed by atoms with E-state index in [9.17, 15) is 26.0 Å². The summed E-state index contributed by atoms with van der Waals surface area (Å²) < 4.78 is 82.5. The molecule has 3 aromatic rings. The minimum atomic E-state index is -4.62. The maximum absolute atomic E-state index is 13.4. The normalized spacial score (nSPS) is 11.8. The Labute approximate surface area is 203 Å². The van der Waals surface area contributed by atoms with Crippen LogP contribution in [0.15, 0.2) is 53.4 Å². The van der Waals surface area contributed by atoms with Gasteiger partial charge < -0.3 is 15.4 Å². The molecule has 0 bridgehead atoms. The Morgan fingerprint density at radius 1 is 0.971 bits per heavy atom. The summed E-state index contributed by atoms with van der Waals surface area (Å²) in [5.41, 5.74) is 0.269. The maximum atomic E-state index is 13.4. The third-order valence-electron chi connectivity index (χ3n) is 4.14. The van der Waals surface area contributed by atoms with E-state index in [-0.39, 0.29) is 40.6 Å². The van der Waals surface area contributed by atoms with Crippen molar-refractivity contribution >= 4 is 39.2 Å². The molecule has 1 aromatic heterocycles. The zero-order valence-corrected chi connectivity index (χ0v) is 19.4. The Morgan fingerprint density at radius 2 is 1.69 bits per heavy atom. The van der Waals surface area contributed by atoms with Gasteiger partial charge in [0.1, 0.15) is 5.82 Å². The smallest absolute Gasteiger partial charge is 0.422 e. The maximum Gasteiger partial charge on any atom is 0.422 e. The number of hydrogen-bond donors (Lipinski definition) is 3. The minimum Gasteiger partial charge on any atom is -0.454 e. The van der Waals surface area contributed by atoms with Crippen LogP contribution >= 0.6 is 11.6 Å². The van der Waals surface area contributed by atoms with Gasteiger partial charge >= 0.3 is 12.2 Å². The first-order chi connectivity index (χ1) is 16.5. The molecule has 0 aliphatic rings. The molecule has 0 aliphatic carbocycles. The van der Waals surface area contributed by atoms with Crippen molar-refractivity contribution in [2.45, 2.75) is 17.5 Å². The lowest BCUT2D eigenvalue weighted by atomic mass is 10.3. The zero-order chi connectivity index (χ0) is 25.5. The highest BCUT2D eigenvalue weighted by Gasteiger charge is 2.29. The quantitative estimate of drug-likeness (QED) is 0.248. The number of nitrogens with one attached hydrogen (secondary N) is 3. The van der Waals surface area contributed by atoms with E-state index in [0.717, 1.165) is 6.07 Å². The van der Waals surface area contributed by atoms with E-state index in [1.165, 1.54) is 24.3 Å². The van der Waals surface area contributed by atoms with E-state index in [0.29, 0.717) is 6.42 Å². The first-order valence-corrected chi connectivity index (χ1v) is 11.8. The van der Waals surface area contributed by atoms with Crippen molar-refractivity contribution < 1.29 is 30.7 Å². The van der Waals surface area contributed by atoms with Gasteiger partial charge in [-0.15, -0.1) is 0 Å². The fraction of sp³-hybridized carbons (Fsp3) is 0.250. The second-order valence-electron chi connectivity index (χ2n) is 6.91. The number of sulfonamides is 1. The van der Waals surface area contributed by atoms with Crippen LogP contribution in [0.4, 0.5) is 35.1 Å². The third kappa shape index (κ3) is 8.49. The average Bonchev–Trinajstić information content (AvgIpc) is 2.80. The van der Waals surface area contributed by atoms with Crippen molar-refractivity contribution in [3.05, 3.63) is 59.4 Å². The summed E-state index contributed by atoms with van der Waals surface area (Å²) in [4.78, 5) is 11.7. The molecule has 0 saturated carbocycles. The van der Waals surface area contributed by atoms with Crippen LogP contribution in [-0.4, -0.2) is 49.2 Å². The lowest BCUT2D eigenvalue weighted by Gasteiger charge is -2.12. The van der Waals surface area contributed by atoms with Gasteiger partial charge in [0.2, 0.25) is 21.9 Å². The summed E-state index contributed by atoms with van der Waals surface area (Å²) in [5, 5.41) is 5.27. The molecule has 0 amide bonds. The van der Waals surface area contributed by atoms with Crippen molar-refractivity contribution in [2.75, 3.05) is 30.3 Å². The van der Waals surface area contributed by atoms with E-state index in [1.807, 2.05) is 0 Å². The highest BCUT2D eigenvalue weighted by molar-refractivity contribution is 7.89. The summed E-state index contributed by atoms with van der Waals surface area (Å²) in [6, 6.07) is 10.8. The van der Waals surface area contributed by atoms with Gasteiger partial charge in [0.05, 0.1) is 9.92 Å². The molecule has 0 unspecified atom stereocenters. The van der Waals surface area contributed by atoms with Gasteiger partial charge in [0.25, 0.3) is 0 Å². The highest BCUT2D eigenvalue weighted by atomic mass is 35.5. The molecule has 188 valence electrons. The summed E-state index contributed by atoms with van der Waals surface area (Å²) >= 11 is 5.73. The van der Waals surface area contributed by atoms with E-state index in [2.05, 4.69) is 35.0 Å². The average molecular weight is 535 g/mol. The molecular formula is C20H19ClF4N6O3S. The van der Waals surface area contributed by atoms with Gasteiger partial charge in [0, 0.05) is 18.8 Å². The largest absolute Gasteiger partial charge is 0.454 e. The van der Waals surface area contributed by atoms with Crippen LogP contribution in [0.25, 0.3) is 0 Å². The monoisotopic (exact) mass is 534 g/mol. The van der Waals surface area contributed by atoms with Gasteiger partial charge in [-0.25, -0.2) is 17.5 Å². The molecule has 0 fully saturated rings. The molecule has 35 heavy (non-hydrogen) atoms. The third-order valence-corrected chi connectivity index (χ3v) is 5.90. The topological polar surface area (TPSA) is 118 Å². The van der Waals surface area contributed by atoms with Crippen LogP contribution in [0.3, 0.4) is 0 Å². The van der Waals surface area contributed by atoms with E-state index < -0.39 is 34.6 Å². The summed E-state index contributed by atoms with van der Waals surface area (Å²) in [6.07, 6.45) is -4.32. The predicted octanol–water partition coefficient (Wildman–Crippen LogP) is 4.13. The number of nitrogens with zero attached hydrogens (tertiary/aromatic N) is 3. The van der Waals surface area contributed by atoms with Gasteiger partial charge in [-0.2, -0.15) is 28.1 Å². The molecule has 3 N–H and O–H groups in total. The molecule has 3 rings (SSSR count). The van der Waals surface area contributed by atoms with Crippen LogP contribution in [0.5, 0.6) is 6.01 Å². The molecular weight excluding hydrogens is 516 g/mol. The summed E-state index contributed by atoms with van der Waals surface area (Å²) in [5.74, 6) is -0.974. The molecule has 0 radical (unpaired) electrons. The number of halogens is 5. The lowest BCUT2D eigenvalue weighted by Crippen LogP contribution is -2.26. The number of rotatable bonds is 11. The number of benzene rings is 2. The van der Waals surface area contributed by atoms with Crippen LogP contribution < -0.4 is 20.1 Å². The zero-order valence-electron chi connectivity index (χ0n) is 17.8. The molecule has 9 nitrogen and oxygen atoms in total. The minimum absolute atomic E-state index is 0.0753. The number of anilines is 3. The first-order valence-electron chi connectivity index (χ1n) is 9.98. The van der Waals surface area contributed by atoms with Gasteiger partial charge in [-0.1, -0.05) is 29.8 Å². The molecule has 0 saturated heterocycles. The number of alkyl halides is 3. The van der Waals surface area contributed by atoms with Crippen molar-refractivity contribution in [2.24, 2.45) is 0 Å². The van der Waals surface area contributed by atoms with Gasteiger partial charge in [0.15, 0.2) is 6.61 Å². The fourth-order valence-electron chi connectivity index (χ4n) is 2.58. The Balaban J connectivity index is 1.64. The Kier molecular flexibility index (Phi) is 8.64. The standard InChI is InChI=1S/C20H19ClF4N6O3S/c21-15-11-13(7-8-16(15)22)28-18-29-17(30-19(31-18)34-12-20(23,24)25)26-9-4-10-27-35(32,33)14-5-2-1-3-6-14/h1-3,5-8,11,27H,4,9-10,12H2,(H2,26,28,29,30,31). The molecule has 2 aromatic carbocycles. The van der Waals surface area contributed by atoms with E-state index in [4.69, 9.17) is 11.6 Å². The van der Waals surface area contributed by atoms with Gasteiger partial charge in [-0.05, 0) is 36.8 Å².